The second-order valence-corrected chi connectivity index (χ2v) is 3.76. The molecule has 0 N–H and O–H groups in total. The number of alkyl halides is 1. The Hall–Kier alpha value is -0.530. The van der Waals surface area contributed by atoms with Crippen LogP contribution in [-0.4, -0.2) is 11.1 Å². The predicted molar refractivity (Wildman–Crippen MR) is 66.9 cm³/mol. The molecule has 0 aromatic heterocycles. The van der Waals surface area contributed by atoms with Crippen molar-refractivity contribution in [3.63, 3.8) is 0 Å². The van der Waals surface area contributed by atoms with Gasteiger partial charge in [-0.2, -0.15) is 0 Å². The van der Waals surface area contributed by atoms with Gasteiger partial charge in [-0.1, -0.05) is 50.1 Å². The fourth-order valence-electron chi connectivity index (χ4n) is 0.914. The van der Waals surface area contributed by atoms with Crippen molar-refractivity contribution in [2.75, 3.05) is 5.88 Å². The van der Waals surface area contributed by atoms with E-state index < -0.39 is 5.24 Å². The first-order chi connectivity index (χ1) is 7.22. The van der Waals surface area contributed by atoms with E-state index in [4.69, 9.17) is 23.2 Å². The van der Waals surface area contributed by atoms with Gasteiger partial charge in [-0.3, -0.25) is 4.79 Å². The Balaban J connectivity index is 0.000000288. The monoisotopic (exact) mass is 246 g/mol. The fourth-order valence-corrected chi connectivity index (χ4v) is 1.23. The van der Waals surface area contributed by atoms with Crippen LogP contribution in [-0.2, 0) is 0 Å². The highest BCUT2D eigenvalue weighted by molar-refractivity contribution is 6.67. The average Bonchev–Trinajstić information content (AvgIpc) is 2.28. The second kappa shape index (κ2) is 10.0. The Morgan fingerprint density at radius 2 is 1.80 bits per heavy atom. The first-order valence-corrected chi connectivity index (χ1v) is 5.94. The smallest absolute Gasteiger partial charge is 0.252 e. The van der Waals surface area contributed by atoms with Crippen LogP contribution in [0.4, 0.5) is 0 Å². The van der Waals surface area contributed by atoms with Gasteiger partial charge in [0.05, 0.1) is 0 Å². The average molecular weight is 247 g/mol. The SMILES string of the molecule is CCCCCCl.O=C(Cl)c1ccccc1. The number of halogens is 2. The largest absolute Gasteiger partial charge is 0.276 e. The lowest BCUT2D eigenvalue weighted by Crippen LogP contribution is -1.84. The summed E-state index contributed by atoms with van der Waals surface area (Å²) in [6.07, 6.45) is 3.73. The molecule has 0 atom stereocenters. The Morgan fingerprint density at radius 1 is 1.20 bits per heavy atom. The van der Waals surface area contributed by atoms with Crippen molar-refractivity contribution < 1.29 is 4.79 Å². The molecule has 0 fully saturated rings. The van der Waals surface area contributed by atoms with E-state index in [-0.39, 0.29) is 0 Å². The van der Waals surface area contributed by atoms with Gasteiger partial charge in [-0.15, -0.1) is 11.6 Å². The quantitative estimate of drug-likeness (QED) is 0.435. The molecule has 0 heterocycles. The van der Waals surface area contributed by atoms with E-state index in [1.54, 1.807) is 24.3 Å². The zero-order valence-corrected chi connectivity index (χ0v) is 10.4. The first kappa shape index (κ1) is 14.5. The molecule has 0 saturated carbocycles. The molecule has 15 heavy (non-hydrogen) atoms. The summed E-state index contributed by atoms with van der Waals surface area (Å²) in [4.78, 5) is 10.4. The van der Waals surface area contributed by atoms with E-state index in [1.165, 1.54) is 19.3 Å². The Morgan fingerprint density at radius 3 is 2.07 bits per heavy atom. The lowest BCUT2D eigenvalue weighted by molar-refractivity contribution is 0.108. The highest BCUT2D eigenvalue weighted by atomic mass is 35.5. The van der Waals surface area contributed by atoms with Gasteiger partial charge in [0.15, 0.2) is 0 Å². The second-order valence-electron chi connectivity index (χ2n) is 3.04. The van der Waals surface area contributed by atoms with E-state index in [0.29, 0.717) is 5.56 Å². The number of hydrogen-bond donors (Lipinski definition) is 0. The molecule has 0 aliphatic rings. The van der Waals surface area contributed by atoms with Crippen LogP contribution in [0.3, 0.4) is 0 Å². The Kier molecular flexibility index (Phi) is 9.65. The summed E-state index contributed by atoms with van der Waals surface area (Å²) in [6.45, 7) is 2.17. The maximum Gasteiger partial charge on any atom is 0.252 e. The van der Waals surface area contributed by atoms with Gasteiger partial charge in [-0.25, -0.2) is 0 Å². The summed E-state index contributed by atoms with van der Waals surface area (Å²) in [5, 5.41) is -0.407. The molecule has 84 valence electrons. The molecular formula is C12H16Cl2O. The number of benzene rings is 1. The van der Waals surface area contributed by atoms with Gasteiger partial charge >= 0.3 is 0 Å². The number of rotatable bonds is 4. The molecule has 0 aliphatic carbocycles. The zero-order valence-electron chi connectivity index (χ0n) is 8.88. The van der Waals surface area contributed by atoms with Gasteiger partial charge in [0.25, 0.3) is 5.24 Å². The van der Waals surface area contributed by atoms with Crippen LogP contribution in [0.1, 0.15) is 36.5 Å². The molecule has 1 nitrogen and oxygen atoms in total. The van der Waals surface area contributed by atoms with Crippen LogP contribution in [0.2, 0.25) is 0 Å². The van der Waals surface area contributed by atoms with Crippen molar-refractivity contribution in [3.8, 4) is 0 Å². The standard InChI is InChI=1S/C7H5ClO.C5H11Cl/c8-7(9)6-4-2-1-3-5-6;1-2-3-4-5-6/h1-5H;2-5H2,1H3. The van der Waals surface area contributed by atoms with E-state index in [2.05, 4.69) is 6.92 Å². The number of hydrogen-bond acceptors (Lipinski definition) is 1. The van der Waals surface area contributed by atoms with Gasteiger partial charge in [0.2, 0.25) is 0 Å². The van der Waals surface area contributed by atoms with Crippen LogP contribution >= 0.6 is 23.2 Å². The van der Waals surface area contributed by atoms with E-state index in [9.17, 15) is 4.79 Å². The third-order valence-electron chi connectivity index (χ3n) is 1.74. The van der Waals surface area contributed by atoms with E-state index in [0.717, 1.165) is 5.88 Å². The minimum atomic E-state index is -0.407. The van der Waals surface area contributed by atoms with Crippen molar-refractivity contribution >= 4 is 28.4 Å². The first-order valence-electron chi connectivity index (χ1n) is 5.03. The predicted octanol–water partition coefficient (Wildman–Crippen LogP) is 4.48. The summed E-state index contributed by atoms with van der Waals surface area (Å²) >= 11 is 10.5. The molecule has 3 heteroatoms. The van der Waals surface area contributed by atoms with Crippen molar-refractivity contribution in [2.45, 2.75) is 26.2 Å². The Labute approximate surface area is 101 Å². The Bertz CT molecular complexity index is 256. The molecule has 0 amide bonds. The van der Waals surface area contributed by atoms with Gasteiger partial charge < -0.3 is 0 Å². The molecule has 1 rings (SSSR count). The number of carbonyl (C=O) groups is 1. The van der Waals surface area contributed by atoms with Crippen molar-refractivity contribution in [1.82, 2.24) is 0 Å². The summed E-state index contributed by atoms with van der Waals surface area (Å²) in [6, 6.07) is 8.74. The van der Waals surface area contributed by atoms with Crippen LogP contribution in [0.15, 0.2) is 30.3 Å². The minimum Gasteiger partial charge on any atom is -0.276 e. The lowest BCUT2D eigenvalue weighted by Gasteiger charge is -1.87. The lowest BCUT2D eigenvalue weighted by atomic mass is 10.2. The van der Waals surface area contributed by atoms with E-state index >= 15 is 0 Å². The van der Waals surface area contributed by atoms with Crippen LogP contribution in [0, 0.1) is 0 Å². The van der Waals surface area contributed by atoms with Crippen molar-refractivity contribution in [3.05, 3.63) is 35.9 Å². The highest BCUT2D eigenvalue weighted by Crippen LogP contribution is 2.01. The summed E-state index contributed by atoms with van der Waals surface area (Å²) < 4.78 is 0. The van der Waals surface area contributed by atoms with Gasteiger partial charge in [0, 0.05) is 11.4 Å². The summed E-state index contributed by atoms with van der Waals surface area (Å²) in [5.41, 5.74) is 0.541. The molecule has 0 unspecified atom stereocenters. The molecular weight excluding hydrogens is 231 g/mol. The maximum absolute atomic E-state index is 10.4. The molecule has 1 aromatic rings. The third kappa shape index (κ3) is 8.46. The van der Waals surface area contributed by atoms with Crippen LogP contribution < -0.4 is 0 Å². The topological polar surface area (TPSA) is 17.1 Å². The van der Waals surface area contributed by atoms with Crippen LogP contribution in [0.5, 0.6) is 0 Å². The van der Waals surface area contributed by atoms with Crippen LogP contribution in [0.25, 0.3) is 0 Å². The summed E-state index contributed by atoms with van der Waals surface area (Å²) in [5.74, 6) is 0.827. The van der Waals surface area contributed by atoms with E-state index in [1.807, 2.05) is 6.07 Å². The normalized spacial score (nSPS) is 9.00. The fraction of sp³-hybridized carbons (Fsp3) is 0.417. The summed E-state index contributed by atoms with van der Waals surface area (Å²) in [7, 11) is 0. The molecule has 0 bridgehead atoms. The van der Waals surface area contributed by atoms with Gasteiger partial charge in [0.1, 0.15) is 0 Å². The zero-order chi connectivity index (χ0) is 11.5. The third-order valence-corrected chi connectivity index (χ3v) is 2.22. The molecule has 1 aromatic carbocycles. The highest BCUT2D eigenvalue weighted by Gasteiger charge is 1.95. The van der Waals surface area contributed by atoms with Crippen molar-refractivity contribution in [1.29, 1.82) is 0 Å². The van der Waals surface area contributed by atoms with Crippen molar-refractivity contribution in [2.24, 2.45) is 0 Å². The number of unbranched alkanes of at least 4 members (excludes halogenated alkanes) is 2. The number of carbonyl (C=O) groups excluding carboxylic acids is 1. The molecule has 0 saturated heterocycles. The maximum atomic E-state index is 10.4. The molecule has 0 spiro atoms. The molecule has 0 aliphatic heterocycles. The molecule has 0 radical (unpaired) electrons. The van der Waals surface area contributed by atoms with Gasteiger partial charge in [-0.05, 0) is 18.0 Å². The minimum absolute atomic E-state index is 0.407.